The lowest BCUT2D eigenvalue weighted by atomic mass is 10.1. The summed E-state index contributed by atoms with van der Waals surface area (Å²) in [6.45, 7) is 4.47. The molecule has 2 aromatic heterocycles. The molecule has 0 saturated carbocycles. The van der Waals surface area contributed by atoms with Crippen LogP contribution in [0.4, 0.5) is 0 Å². The Hall–Kier alpha value is -4.17. The minimum Gasteiger partial charge on any atom is -0.454 e. The van der Waals surface area contributed by atoms with Gasteiger partial charge in [0.25, 0.3) is 5.91 Å². The zero-order chi connectivity index (χ0) is 24.0. The third kappa shape index (κ3) is 5.85. The van der Waals surface area contributed by atoms with E-state index < -0.39 is 0 Å². The zero-order valence-electron chi connectivity index (χ0n) is 19.4. The summed E-state index contributed by atoms with van der Waals surface area (Å²) in [6, 6.07) is 18.1. The number of hydrogen-bond acceptors (Lipinski definition) is 7. The predicted molar refractivity (Wildman–Crippen MR) is 129 cm³/mol. The molecule has 5 rings (SSSR count). The number of ether oxygens (including phenoxy) is 2. The van der Waals surface area contributed by atoms with E-state index in [9.17, 15) is 4.79 Å². The van der Waals surface area contributed by atoms with Crippen molar-refractivity contribution in [2.75, 3.05) is 6.79 Å². The fraction of sp³-hybridized carbons (Fsp3) is 0.222. The average molecular weight is 471 g/mol. The van der Waals surface area contributed by atoms with Crippen LogP contribution in [0, 0.1) is 6.92 Å². The van der Waals surface area contributed by atoms with Gasteiger partial charge in [-0.2, -0.15) is 0 Å². The first-order valence-electron chi connectivity index (χ1n) is 11.4. The molecule has 0 bridgehead atoms. The van der Waals surface area contributed by atoms with E-state index in [2.05, 4.69) is 51.4 Å². The summed E-state index contributed by atoms with van der Waals surface area (Å²) < 4.78 is 16.6. The Labute approximate surface area is 203 Å². The topological polar surface area (TPSA) is 89.7 Å². The van der Waals surface area contributed by atoms with Gasteiger partial charge < -0.3 is 19.2 Å². The number of benzene rings is 2. The molecular formula is C27H26N4O4. The number of nitrogens with zero attached hydrogens (tertiary/aromatic N) is 3. The standard InChI is InChI=1S/C27H26N4O4/c1-19-4-6-20(7-5-19)14-31(15-21-8-9-24-25(11-21)35-18-34-24)16-26-30-23(17-33-26)27(32)29-13-22-3-2-10-28-12-22/h2-12,17H,13-16,18H2,1H3,(H,29,32). The number of amides is 1. The average Bonchev–Trinajstić information content (AvgIpc) is 3.54. The maximum absolute atomic E-state index is 12.5. The van der Waals surface area contributed by atoms with Gasteiger partial charge in [-0.15, -0.1) is 0 Å². The summed E-state index contributed by atoms with van der Waals surface area (Å²) in [5.41, 5.74) is 4.64. The number of pyridine rings is 1. The van der Waals surface area contributed by atoms with Crippen LogP contribution in [0.25, 0.3) is 0 Å². The van der Waals surface area contributed by atoms with Crippen LogP contribution < -0.4 is 14.8 Å². The summed E-state index contributed by atoms with van der Waals surface area (Å²) >= 11 is 0. The quantitative estimate of drug-likeness (QED) is 0.391. The van der Waals surface area contributed by atoms with Crippen molar-refractivity contribution in [2.24, 2.45) is 0 Å². The highest BCUT2D eigenvalue weighted by Gasteiger charge is 2.18. The van der Waals surface area contributed by atoms with Gasteiger partial charge in [0.05, 0.1) is 6.54 Å². The van der Waals surface area contributed by atoms with E-state index in [1.54, 1.807) is 12.4 Å². The summed E-state index contributed by atoms with van der Waals surface area (Å²) in [6.07, 6.45) is 4.81. The molecule has 3 heterocycles. The highest BCUT2D eigenvalue weighted by atomic mass is 16.7. The smallest absolute Gasteiger partial charge is 0.273 e. The van der Waals surface area contributed by atoms with Crippen LogP contribution in [0.15, 0.2) is 77.7 Å². The Balaban J connectivity index is 1.28. The Morgan fingerprint density at radius 1 is 0.971 bits per heavy atom. The van der Waals surface area contributed by atoms with E-state index in [1.807, 2.05) is 30.3 Å². The lowest BCUT2D eigenvalue weighted by Crippen LogP contribution is -2.24. The number of nitrogens with one attached hydrogen (secondary N) is 1. The van der Waals surface area contributed by atoms with Crippen molar-refractivity contribution in [1.82, 2.24) is 20.2 Å². The number of fused-ring (bicyclic) bond motifs is 1. The van der Waals surface area contributed by atoms with Crippen molar-refractivity contribution in [3.8, 4) is 11.5 Å². The van der Waals surface area contributed by atoms with Gasteiger partial charge in [0.15, 0.2) is 17.2 Å². The predicted octanol–water partition coefficient (Wildman–Crippen LogP) is 4.24. The highest BCUT2D eigenvalue weighted by molar-refractivity contribution is 5.91. The van der Waals surface area contributed by atoms with Gasteiger partial charge >= 0.3 is 0 Å². The maximum Gasteiger partial charge on any atom is 0.273 e. The van der Waals surface area contributed by atoms with Crippen LogP contribution in [0.3, 0.4) is 0 Å². The van der Waals surface area contributed by atoms with E-state index in [0.717, 1.165) is 22.6 Å². The van der Waals surface area contributed by atoms with Crippen molar-refractivity contribution in [3.63, 3.8) is 0 Å². The van der Waals surface area contributed by atoms with Crippen LogP contribution in [-0.4, -0.2) is 27.6 Å². The van der Waals surface area contributed by atoms with Crippen LogP contribution in [0.2, 0.25) is 0 Å². The summed E-state index contributed by atoms with van der Waals surface area (Å²) in [7, 11) is 0. The van der Waals surface area contributed by atoms with Gasteiger partial charge in [-0.25, -0.2) is 4.98 Å². The molecule has 1 aliphatic rings. The van der Waals surface area contributed by atoms with Crippen molar-refractivity contribution in [1.29, 1.82) is 0 Å². The molecule has 0 saturated heterocycles. The normalized spacial score (nSPS) is 12.2. The Kier molecular flexibility index (Phi) is 6.72. The second-order valence-corrected chi connectivity index (χ2v) is 8.49. The first kappa shape index (κ1) is 22.6. The van der Waals surface area contributed by atoms with Crippen LogP contribution in [-0.2, 0) is 26.2 Å². The number of carbonyl (C=O) groups is 1. The zero-order valence-corrected chi connectivity index (χ0v) is 19.4. The molecule has 0 spiro atoms. The molecule has 0 unspecified atom stereocenters. The van der Waals surface area contributed by atoms with Gasteiger partial charge in [-0.05, 0) is 41.8 Å². The van der Waals surface area contributed by atoms with Crippen molar-refractivity contribution >= 4 is 5.91 Å². The lowest BCUT2D eigenvalue weighted by molar-refractivity contribution is 0.0945. The number of aromatic nitrogens is 2. The molecule has 1 amide bonds. The molecule has 0 radical (unpaired) electrons. The largest absolute Gasteiger partial charge is 0.454 e. The van der Waals surface area contributed by atoms with Crippen LogP contribution >= 0.6 is 0 Å². The molecule has 178 valence electrons. The minimum absolute atomic E-state index is 0.244. The number of aryl methyl sites for hydroxylation is 1. The van der Waals surface area contributed by atoms with Crippen molar-refractivity contribution in [2.45, 2.75) is 33.1 Å². The highest BCUT2D eigenvalue weighted by Crippen LogP contribution is 2.33. The van der Waals surface area contributed by atoms with Crippen molar-refractivity contribution < 1.29 is 18.7 Å². The molecule has 1 N–H and O–H groups in total. The van der Waals surface area contributed by atoms with E-state index in [1.165, 1.54) is 17.4 Å². The van der Waals surface area contributed by atoms with Crippen molar-refractivity contribution in [3.05, 3.63) is 107 Å². The lowest BCUT2D eigenvalue weighted by Gasteiger charge is -2.21. The molecule has 0 atom stereocenters. The SMILES string of the molecule is Cc1ccc(CN(Cc2ccc3c(c2)OCO3)Cc2nc(C(=O)NCc3cccnc3)co2)cc1. The fourth-order valence-electron chi connectivity index (χ4n) is 3.87. The summed E-state index contributed by atoms with van der Waals surface area (Å²) in [4.78, 5) is 23.3. The summed E-state index contributed by atoms with van der Waals surface area (Å²) in [5.74, 6) is 1.70. The van der Waals surface area contributed by atoms with Gasteiger partial charge in [-0.1, -0.05) is 42.0 Å². The Morgan fingerprint density at radius 2 is 1.77 bits per heavy atom. The molecule has 1 aliphatic heterocycles. The molecule has 35 heavy (non-hydrogen) atoms. The molecule has 2 aromatic carbocycles. The monoisotopic (exact) mass is 470 g/mol. The second kappa shape index (κ2) is 10.4. The van der Waals surface area contributed by atoms with Gasteiger partial charge in [0.1, 0.15) is 6.26 Å². The molecule has 0 fully saturated rings. The first-order chi connectivity index (χ1) is 17.1. The molecule has 0 aliphatic carbocycles. The Bertz CT molecular complexity index is 1290. The van der Waals surface area contributed by atoms with E-state index >= 15 is 0 Å². The number of rotatable bonds is 9. The van der Waals surface area contributed by atoms with Crippen LogP contribution in [0.5, 0.6) is 11.5 Å². The molecular weight excluding hydrogens is 444 g/mol. The first-order valence-corrected chi connectivity index (χ1v) is 11.4. The molecule has 4 aromatic rings. The van der Waals surface area contributed by atoms with E-state index in [4.69, 9.17) is 13.9 Å². The second-order valence-electron chi connectivity index (χ2n) is 8.49. The Morgan fingerprint density at radius 3 is 2.60 bits per heavy atom. The number of oxazole rings is 1. The summed E-state index contributed by atoms with van der Waals surface area (Å²) in [5, 5.41) is 2.85. The molecule has 8 heteroatoms. The number of carbonyl (C=O) groups excluding carboxylic acids is 1. The number of hydrogen-bond donors (Lipinski definition) is 1. The van der Waals surface area contributed by atoms with Gasteiger partial charge in [-0.3, -0.25) is 14.7 Å². The minimum atomic E-state index is -0.287. The third-order valence-corrected chi connectivity index (χ3v) is 5.69. The maximum atomic E-state index is 12.5. The molecule has 8 nitrogen and oxygen atoms in total. The fourth-order valence-corrected chi connectivity index (χ4v) is 3.87. The van der Waals surface area contributed by atoms with Gasteiger partial charge in [0, 0.05) is 32.0 Å². The van der Waals surface area contributed by atoms with Crippen LogP contribution in [0.1, 0.15) is 38.6 Å². The third-order valence-electron chi connectivity index (χ3n) is 5.69. The van der Waals surface area contributed by atoms with Gasteiger partial charge in [0.2, 0.25) is 12.7 Å². The van der Waals surface area contributed by atoms with E-state index in [0.29, 0.717) is 32.1 Å². The van der Waals surface area contributed by atoms with E-state index in [-0.39, 0.29) is 18.4 Å².